The van der Waals surface area contributed by atoms with Gasteiger partial charge in [0.25, 0.3) is 0 Å². The lowest BCUT2D eigenvalue weighted by Gasteiger charge is -2.29. The fraction of sp³-hybridized carbons (Fsp3) is 0.391. The Balaban J connectivity index is 2.07. The number of hydrogen-bond acceptors (Lipinski definition) is 3. The van der Waals surface area contributed by atoms with E-state index in [1.165, 1.54) is 11.8 Å². The van der Waals surface area contributed by atoms with Crippen LogP contribution in [0.2, 0.25) is 5.02 Å². The Labute approximate surface area is 196 Å². The van der Waals surface area contributed by atoms with E-state index in [0.29, 0.717) is 29.8 Å². The average molecular weight is 512 g/mol. The Kier molecular flexibility index (Phi) is 10.2. The molecule has 0 aliphatic rings. The number of rotatable bonds is 10. The van der Waals surface area contributed by atoms with Crippen LogP contribution in [-0.2, 0) is 21.9 Å². The summed E-state index contributed by atoms with van der Waals surface area (Å²) >= 11 is 11.2. The van der Waals surface area contributed by atoms with Crippen LogP contribution in [0.15, 0.2) is 53.0 Å². The zero-order chi connectivity index (χ0) is 22.1. The van der Waals surface area contributed by atoms with Crippen molar-refractivity contribution in [2.75, 3.05) is 12.3 Å². The first-order valence-electron chi connectivity index (χ1n) is 9.90. The largest absolute Gasteiger partial charge is 0.354 e. The summed E-state index contributed by atoms with van der Waals surface area (Å²) in [5, 5.41) is 3.64. The molecular formula is C23H28BrClN2O2S. The molecule has 1 N–H and O–H groups in total. The van der Waals surface area contributed by atoms with E-state index in [1.807, 2.05) is 62.4 Å². The van der Waals surface area contributed by atoms with Crippen LogP contribution in [0.3, 0.4) is 0 Å². The topological polar surface area (TPSA) is 49.4 Å². The highest BCUT2D eigenvalue weighted by Crippen LogP contribution is 2.22. The molecule has 1 atom stereocenters. The third-order valence-electron chi connectivity index (χ3n) is 4.53. The van der Waals surface area contributed by atoms with Crippen molar-refractivity contribution in [2.24, 2.45) is 5.92 Å². The van der Waals surface area contributed by atoms with Gasteiger partial charge in [-0.1, -0.05) is 71.7 Å². The molecule has 0 heterocycles. The van der Waals surface area contributed by atoms with Crippen molar-refractivity contribution < 1.29 is 9.59 Å². The van der Waals surface area contributed by atoms with Crippen LogP contribution < -0.4 is 5.32 Å². The van der Waals surface area contributed by atoms with E-state index in [1.54, 1.807) is 11.8 Å². The molecule has 0 fully saturated rings. The second-order valence-electron chi connectivity index (χ2n) is 7.55. The van der Waals surface area contributed by atoms with E-state index < -0.39 is 6.04 Å². The molecule has 0 radical (unpaired) electrons. The van der Waals surface area contributed by atoms with Crippen LogP contribution >= 0.6 is 39.3 Å². The van der Waals surface area contributed by atoms with Gasteiger partial charge < -0.3 is 10.2 Å². The number of thioether (sulfide) groups is 1. The van der Waals surface area contributed by atoms with E-state index in [4.69, 9.17) is 11.6 Å². The summed E-state index contributed by atoms with van der Waals surface area (Å²) in [7, 11) is 0. The molecule has 4 nitrogen and oxygen atoms in total. The maximum absolute atomic E-state index is 13.1. The second kappa shape index (κ2) is 12.4. The van der Waals surface area contributed by atoms with E-state index in [-0.39, 0.29) is 17.6 Å². The summed E-state index contributed by atoms with van der Waals surface area (Å²) in [6, 6.07) is 14.9. The van der Waals surface area contributed by atoms with E-state index in [0.717, 1.165) is 15.6 Å². The maximum Gasteiger partial charge on any atom is 0.242 e. The lowest BCUT2D eigenvalue weighted by Crippen LogP contribution is -2.48. The molecule has 2 amide bonds. The van der Waals surface area contributed by atoms with Crippen LogP contribution in [0.5, 0.6) is 0 Å². The molecule has 2 aromatic carbocycles. The third kappa shape index (κ3) is 7.97. The Morgan fingerprint density at radius 3 is 2.53 bits per heavy atom. The monoisotopic (exact) mass is 510 g/mol. The number of carbonyl (C=O) groups excluding carboxylic acids is 2. The average Bonchev–Trinajstić information content (AvgIpc) is 2.71. The number of halogens is 2. The summed E-state index contributed by atoms with van der Waals surface area (Å²) in [6.07, 6.45) is 0. The lowest BCUT2D eigenvalue weighted by molar-refractivity contribution is -0.138. The number of amides is 2. The molecule has 162 valence electrons. The molecule has 0 bridgehead atoms. The predicted molar refractivity (Wildman–Crippen MR) is 130 cm³/mol. The molecule has 7 heteroatoms. The van der Waals surface area contributed by atoms with E-state index in [9.17, 15) is 9.59 Å². The highest BCUT2D eigenvalue weighted by molar-refractivity contribution is 9.10. The Hall–Kier alpha value is -1.50. The molecule has 0 aromatic heterocycles. The molecule has 2 rings (SSSR count). The second-order valence-corrected chi connectivity index (χ2v) is 9.86. The third-order valence-corrected chi connectivity index (χ3v) is 6.36. The SMILES string of the molecule is CC(C)CNC(=O)[C@H](C)N(Cc1cccc(Br)c1)C(=O)CSCc1ccccc1Cl. The summed E-state index contributed by atoms with van der Waals surface area (Å²) in [5.74, 6) is 1.06. The van der Waals surface area contributed by atoms with Crippen molar-refractivity contribution in [1.29, 1.82) is 0 Å². The molecule has 0 spiro atoms. The van der Waals surface area contributed by atoms with Gasteiger partial charge >= 0.3 is 0 Å². The van der Waals surface area contributed by atoms with Gasteiger partial charge in [0, 0.05) is 28.3 Å². The van der Waals surface area contributed by atoms with Crippen molar-refractivity contribution in [3.8, 4) is 0 Å². The Bertz CT molecular complexity index is 863. The number of benzene rings is 2. The number of hydrogen-bond donors (Lipinski definition) is 1. The van der Waals surface area contributed by atoms with Crippen LogP contribution in [0, 0.1) is 5.92 Å². The van der Waals surface area contributed by atoms with Gasteiger partial charge in [-0.05, 0) is 42.2 Å². The molecular weight excluding hydrogens is 484 g/mol. The quantitative estimate of drug-likeness (QED) is 0.456. The van der Waals surface area contributed by atoms with E-state index in [2.05, 4.69) is 21.2 Å². The van der Waals surface area contributed by atoms with Gasteiger partial charge in [-0.2, -0.15) is 0 Å². The first kappa shape index (κ1) is 24.8. The number of nitrogens with zero attached hydrogens (tertiary/aromatic N) is 1. The van der Waals surface area contributed by atoms with Gasteiger partial charge in [-0.25, -0.2) is 0 Å². The summed E-state index contributed by atoms with van der Waals surface area (Å²) in [4.78, 5) is 27.4. The minimum atomic E-state index is -0.559. The zero-order valence-corrected chi connectivity index (χ0v) is 20.7. The smallest absolute Gasteiger partial charge is 0.242 e. The molecule has 30 heavy (non-hydrogen) atoms. The first-order valence-corrected chi connectivity index (χ1v) is 12.2. The molecule has 0 aliphatic carbocycles. The van der Waals surface area contributed by atoms with Gasteiger partial charge in [0.1, 0.15) is 6.04 Å². The highest BCUT2D eigenvalue weighted by atomic mass is 79.9. The molecule has 0 unspecified atom stereocenters. The fourth-order valence-corrected chi connectivity index (χ4v) is 4.46. The Morgan fingerprint density at radius 1 is 1.13 bits per heavy atom. The first-order chi connectivity index (χ1) is 14.3. The van der Waals surface area contributed by atoms with Gasteiger partial charge in [-0.3, -0.25) is 9.59 Å². The summed E-state index contributed by atoms with van der Waals surface area (Å²) in [5.41, 5.74) is 1.97. The van der Waals surface area contributed by atoms with Gasteiger partial charge in [0.05, 0.1) is 5.75 Å². The predicted octanol–water partition coefficient (Wildman–Crippen LogP) is 5.53. The van der Waals surface area contributed by atoms with Crippen LogP contribution in [0.1, 0.15) is 31.9 Å². The molecule has 0 aliphatic heterocycles. The minimum Gasteiger partial charge on any atom is -0.354 e. The van der Waals surface area contributed by atoms with Crippen molar-refractivity contribution in [3.05, 3.63) is 69.2 Å². The lowest BCUT2D eigenvalue weighted by atomic mass is 10.1. The summed E-state index contributed by atoms with van der Waals surface area (Å²) < 4.78 is 0.942. The van der Waals surface area contributed by atoms with Crippen molar-refractivity contribution in [3.63, 3.8) is 0 Å². The van der Waals surface area contributed by atoms with Crippen LogP contribution in [0.4, 0.5) is 0 Å². The van der Waals surface area contributed by atoms with Crippen molar-refractivity contribution >= 4 is 51.1 Å². The molecule has 0 saturated heterocycles. The van der Waals surface area contributed by atoms with Gasteiger partial charge in [-0.15, -0.1) is 11.8 Å². The minimum absolute atomic E-state index is 0.0702. The van der Waals surface area contributed by atoms with Crippen molar-refractivity contribution in [1.82, 2.24) is 10.2 Å². The fourth-order valence-electron chi connectivity index (χ4n) is 2.81. The van der Waals surface area contributed by atoms with Crippen LogP contribution in [0.25, 0.3) is 0 Å². The van der Waals surface area contributed by atoms with Crippen molar-refractivity contribution in [2.45, 2.75) is 39.1 Å². The van der Waals surface area contributed by atoms with Gasteiger partial charge in [0.2, 0.25) is 11.8 Å². The van der Waals surface area contributed by atoms with E-state index >= 15 is 0 Å². The zero-order valence-electron chi connectivity index (χ0n) is 17.5. The normalized spacial score (nSPS) is 11.9. The van der Waals surface area contributed by atoms with Crippen LogP contribution in [-0.4, -0.2) is 35.1 Å². The Morgan fingerprint density at radius 2 is 1.87 bits per heavy atom. The number of nitrogens with one attached hydrogen (secondary N) is 1. The highest BCUT2D eigenvalue weighted by Gasteiger charge is 2.26. The van der Waals surface area contributed by atoms with Gasteiger partial charge in [0.15, 0.2) is 0 Å². The molecule has 2 aromatic rings. The standard InChI is InChI=1S/C23H28BrClN2O2S/c1-16(2)12-26-23(29)17(3)27(13-18-7-6-9-20(24)11-18)22(28)15-30-14-19-8-4-5-10-21(19)25/h4-11,16-17H,12-15H2,1-3H3,(H,26,29)/t17-/m0/s1. The molecule has 0 saturated carbocycles. The number of carbonyl (C=O) groups is 2. The summed E-state index contributed by atoms with van der Waals surface area (Å²) in [6.45, 7) is 6.83. The maximum atomic E-state index is 13.1.